The first-order valence-electron chi connectivity index (χ1n) is 10.6. The summed E-state index contributed by atoms with van der Waals surface area (Å²) in [5.74, 6) is 0.366. The molecule has 4 rings (SSSR count). The summed E-state index contributed by atoms with van der Waals surface area (Å²) >= 11 is 0. The second kappa shape index (κ2) is 7.78. The maximum atomic E-state index is 12.2. The number of Topliss-reactive ketones (excluding diaryl/α,β-unsaturated/α-hetero) is 1. The number of aromatic nitrogens is 2. The van der Waals surface area contributed by atoms with E-state index in [2.05, 4.69) is 16.8 Å². The zero-order valence-electron chi connectivity index (χ0n) is 17.2. The Hall–Kier alpha value is -2.02. The number of carbonyl (C=O) groups is 2. The quantitative estimate of drug-likeness (QED) is 0.735. The molecule has 0 aromatic carbocycles. The van der Waals surface area contributed by atoms with Gasteiger partial charge >= 0.3 is 0 Å². The molecule has 4 heterocycles. The van der Waals surface area contributed by atoms with Crippen LogP contribution in [0.4, 0.5) is 5.95 Å². The van der Waals surface area contributed by atoms with Crippen molar-refractivity contribution in [3.8, 4) is 0 Å². The Morgan fingerprint density at radius 2 is 1.57 bits per heavy atom. The van der Waals surface area contributed by atoms with Crippen LogP contribution < -0.4 is 4.90 Å². The van der Waals surface area contributed by atoms with E-state index < -0.39 is 0 Å². The van der Waals surface area contributed by atoms with Crippen molar-refractivity contribution in [1.82, 2.24) is 19.8 Å². The minimum absolute atomic E-state index is 0.240. The van der Waals surface area contributed by atoms with Gasteiger partial charge in [-0.3, -0.25) is 9.59 Å². The lowest BCUT2D eigenvalue weighted by atomic mass is 9.91. The molecule has 1 aromatic rings. The van der Waals surface area contributed by atoms with E-state index in [1.807, 2.05) is 12.4 Å². The van der Waals surface area contributed by atoms with Crippen molar-refractivity contribution >= 4 is 17.6 Å². The molecule has 3 aliphatic heterocycles. The average molecular weight is 386 g/mol. The normalized spacial score (nSPS) is 26.1. The van der Waals surface area contributed by atoms with Gasteiger partial charge in [-0.15, -0.1) is 0 Å². The molecule has 0 spiro atoms. The van der Waals surface area contributed by atoms with Gasteiger partial charge in [-0.2, -0.15) is 0 Å². The smallest absolute Gasteiger partial charge is 0.290 e. The highest BCUT2D eigenvalue weighted by Gasteiger charge is 2.40. The molecule has 0 N–H and O–H groups in total. The maximum absolute atomic E-state index is 12.2. The molecule has 0 aliphatic carbocycles. The standard InChI is InChI=1S/C21H31N5O2/c1-14(2)19(27)20(28)25-8-6-15(7-9-25)16-10-22-21(23-11-16)26-17-4-5-18(26)13-24(3)12-17/h10-11,14-15,17-18H,4-9,12-13H2,1-3H3. The van der Waals surface area contributed by atoms with Crippen molar-refractivity contribution in [2.45, 2.75) is 57.5 Å². The first kappa shape index (κ1) is 19.3. The molecule has 2 unspecified atom stereocenters. The first-order chi connectivity index (χ1) is 13.4. The Morgan fingerprint density at radius 3 is 2.11 bits per heavy atom. The average Bonchev–Trinajstić information content (AvgIpc) is 2.98. The summed E-state index contributed by atoms with van der Waals surface area (Å²) in [5, 5.41) is 0. The van der Waals surface area contributed by atoms with Gasteiger partial charge in [0.1, 0.15) is 0 Å². The lowest BCUT2D eigenvalue weighted by Gasteiger charge is -2.39. The fourth-order valence-corrected chi connectivity index (χ4v) is 4.93. The van der Waals surface area contributed by atoms with Crippen LogP contribution in [0.5, 0.6) is 0 Å². The summed E-state index contributed by atoms with van der Waals surface area (Å²) in [7, 11) is 2.19. The first-order valence-corrected chi connectivity index (χ1v) is 10.6. The number of carbonyl (C=O) groups excluding carboxylic acids is 2. The van der Waals surface area contributed by atoms with E-state index in [0.717, 1.165) is 37.4 Å². The van der Waals surface area contributed by atoms with Gasteiger partial charge in [-0.05, 0) is 44.2 Å². The number of nitrogens with zero attached hydrogens (tertiary/aromatic N) is 5. The molecule has 3 aliphatic rings. The molecule has 7 nitrogen and oxygen atoms in total. The summed E-state index contributed by atoms with van der Waals surface area (Å²) < 4.78 is 0. The van der Waals surface area contributed by atoms with Crippen LogP contribution in [0.2, 0.25) is 0 Å². The van der Waals surface area contributed by atoms with E-state index in [4.69, 9.17) is 9.97 Å². The van der Waals surface area contributed by atoms with E-state index in [1.54, 1.807) is 18.7 Å². The second-order valence-electron chi connectivity index (χ2n) is 8.92. The van der Waals surface area contributed by atoms with E-state index >= 15 is 0 Å². The third kappa shape index (κ3) is 3.64. The highest BCUT2D eigenvalue weighted by molar-refractivity contribution is 6.36. The van der Waals surface area contributed by atoms with Crippen LogP contribution in [-0.4, -0.2) is 76.8 Å². The second-order valence-corrected chi connectivity index (χ2v) is 8.92. The minimum atomic E-state index is -0.328. The molecule has 1 amide bonds. The highest BCUT2D eigenvalue weighted by Crippen LogP contribution is 2.33. The largest absolute Gasteiger partial charge is 0.336 e. The van der Waals surface area contributed by atoms with Crippen LogP contribution >= 0.6 is 0 Å². The number of rotatable bonds is 4. The number of hydrogen-bond acceptors (Lipinski definition) is 6. The number of fused-ring (bicyclic) bond motifs is 2. The summed E-state index contributed by atoms with van der Waals surface area (Å²) in [6.07, 6.45) is 8.12. The third-order valence-electron chi connectivity index (χ3n) is 6.54. The Morgan fingerprint density at radius 1 is 1.00 bits per heavy atom. The number of piperidine rings is 1. The van der Waals surface area contributed by atoms with Gasteiger partial charge in [-0.1, -0.05) is 13.8 Å². The van der Waals surface area contributed by atoms with Gasteiger partial charge in [0.25, 0.3) is 5.91 Å². The van der Waals surface area contributed by atoms with Crippen molar-refractivity contribution in [2.24, 2.45) is 5.92 Å². The number of likely N-dealkylation sites (N-methyl/N-ethyl adjacent to an activating group) is 1. The summed E-state index contributed by atoms with van der Waals surface area (Å²) in [6, 6.07) is 1.06. The Kier molecular flexibility index (Phi) is 5.36. The van der Waals surface area contributed by atoms with E-state index in [0.29, 0.717) is 31.1 Å². The van der Waals surface area contributed by atoms with Crippen molar-refractivity contribution in [3.05, 3.63) is 18.0 Å². The van der Waals surface area contributed by atoms with Crippen molar-refractivity contribution in [3.63, 3.8) is 0 Å². The number of hydrogen-bond donors (Lipinski definition) is 0. The molecule has 28 heavy (non-hydrogen) atoms. The monoisotopic (exact) mass is 385 g/mol. The van der Waals surface area contributed by atoms with Crippen LogP contribution in [0.15, 0.2) is 12.4 Å². The summed E-state index contributed by atoms with van der Waals surface area (Å²) in [6.45, 7) is 6.99. The molecule has 7 heteroatoms. The molecular formula is C21H31N5O2. The Balaban J connectivity index is 1.37. The zero-order valence-corrected chi connectivity index (χ0v) is 17.2. The third-order valence-corrected chi connectivity index (χ3v) is 6.54. The van der Waals surface area contributed by atoms with Gasteiger partial charge in [0.05, 0.1) is 0 Å². The summed E-state index contributed by atoms with van der Waals surface area (Å²) in [5.41, 5.74) is 1.15. The molecule has 1 aromatic heterocycles. The van der Waals surface area contributed by atoms with E-state index in [-0.39, 0.29) is 17.6 Å². The molecule has 3 fully saturated rings. The maximum Gasteiger partial charge on any atom is 0.290 e. The number of piperazine rings is 1. The van der Waals surface area contributed by atoms with Gasteiger partial charge < -0.3 is 14.7 Å². The number of amides is 1. The molecule has 0 saturated carbocycles. The van der Waals surface area contributed by atoms with Crippen LogP contribution in [0.1, 0.15) is 51.0 Å². The van der Waals surface area contributed by atoms with Crippen LogP contribution in [0.25, 0.3) is 0 Å². The predicted molar refractivity (Wildman–Crippen MR) is 107 cm³/mol. The fourth-order valence-electron chi connectivity index (χ4n) is 4.93. The minimum Gasteiger partial charge on any atom is -0.336 e. The van der Waals surface area contributed by atoms with Crippen molar-refractivity contribution in [2.75, 3.05) is 38.1 Å². The highest BCUT2D eigenvalue weighted by atomic mass is 16.2. The lowest BCUT2D eigenvalue weighted by Crippen LogP contribution is -2.53. The van der Waals surface area contributed by atoms with Gasteiger partial charge in [0.2, 0.25) is 11.7 Å². The Bertz CT molecular complexity index is 713. The lowest BCUT2D eigenvalue weighted by molar-refractivity contribution is -0.146. The zero-order chi connectivity index (χ0) is 19.8. The molecule has 3 saturated heterocycles. The number of likely N-dealkylation sites (tertiary alicyclic amines) is 2. The van der Waals surface area contributed by atoms with Crippen molar-refractivity contribution < 1.29 is 9.59 Å². The Labute approximate surface area is 167 Å². The van der Waals surface area contributed by atoms with Gasteiger partial charge in [-0.25, -0.2) is 9.97 Å². The van der Waals surface area contributed by atoms with E-state index in [1.165, 1.54) is 12.8 Å². The van der Waals surface area contributed by atoms with Crippen LogP contribution in [0, 0.1) is 5.92 Å². The van der Waals surface area contributed by atoms with Gasteiger partial charge in [0.15, 0.2) is 0 Å². The number of ketones is 1. The topological polar surface area (TPSA) is 69.6 Å². The summed E-state index contributed by atoms with van der Waals surface area (Å²) in [4.78, 5) is 40.1. The molecule has 0 radical (unpaired) electrons. The molecule has 2 atom stereocenters. The molecule has 152 valence electrons. The van der Waals surface area contributed by atoms with E-state index in [9.17, 15) is 9.59 Å². The van der Waals surface area contributed by atoms with Crippen LogP contribution in [0.3, 0.4) is 0 Å². The fraction of sp³-hybridized carbons (Fsp3) is 0.714. The van der Waals surface area contributed by atoms with Crippen LogP contribution in [-0.2, 0) is 9.59 Å². The molecule has 2 bridgehead atoms. The number of anilines is 1. The SMILES string of the molecule is CC(C)C(=O)C(=O)N1CCC(c2cnc(N3C4CCC3CN(C)C4)nc2)CC1. The van der Waals surface area contributed by atoms with Crippen molar-refractivity contribution in [1.29, 1.82) is 0 Å². The predicted octanol–water partition coefficient (Wildman–Crippen LogP) is 1.69. The molecular weight excluding hydrogens is 354 g/mol. The van der Waals surface area contributed by atoms with Gasteiger partial charge in [0, 0.05) is 56.6 Å².